The highest BCUT2D eigenvalue weighted by atomic mass is 16.5. The standard InChI is InChI=1S/C51H48N4O/c1-50(2,3)38-21-24-45-44(29-38)43-23-22-41(32-48(43)55(45)49-30-39(25-26-52-49)51(4,5)6)56-42-28-37(36-17-11-8-12-18-36)27-40(31-42)54-34-53(33-35-15-9-7-10-16-35)46-19-13-14-20-47(46)54/h7-32H,33-34H2,1-6H3. The molecule has 0 aliphatic carbocycles. The summed E-state index contributed by atoms with van der Waals surface area (Å²) < 4.78 is 9.23. The Balaban J connectivity index is 1.16. The van der Waals surface area contributed by atoms with Gasteiger partial charge in [-0.2, -0.15) is 0 Å². The number of anilines is 3. The molecule has 2 aromatic heterocycles. The van der Waals surface area contributed by atoms with Gasteiger partial charge in [0.05, 0.1) is 29.1 Å². The molecule has 0 atom stereocenters. The zero-order valence-corrected chi connectivity index (χ0v) is 33.1. The maximum absolute atomic E-state index is 6.93. The molecule has 0 saturated heterocycles. The van der Waals surface area contributed by atoms with Crippen LogP contribution in [0.2, 0.25) is 0 Å². The van der Waals surface area contributed by atoms with E-state index in [0.29, 0.717) is 0 Å². The van der Waals surface area contributed by atoms with E-state index in [-0.39, 0.29) is 10.8 Å². The smallest absolute Gasteiger partial charge is 0.137 e. The highest BCUT2D eigenvalue weighted by molar-refractivity contribution is 6.09. The lowest BCUT2D eigenvalue weighted by atomic mass is 9.86. The van der Waals surface area contributed by atoms with E-state index in [1.54, 1.807) is 0 Å². The molecule has 278 valence electrons. The van der Waals surface area contributed by atoms with Crippen LogP contribution in [0.25, 0.3) is 38.8 Å². The molecule has 56 heavy (non-hydrogen) atoms. The third kappa shape index (κ3) is 6.68. The summed E-state index contributed by atoms with van der Waals surface area (Å²) in [5.74, 6) is 2.46. The fraction of sp³-hybridized carbons (Fsp3) is 0.196. The van der Waals surface area contributed by atoms with Crippen molar-refractivity contribution in [2.45, 2.75) is 58.9 Å². The molecule has 5 nitrogen and oxygen atoms in total. The Hall–Kier alpha value is -6.33. The van der Waals surface area contributed by atoms with Gasteiger partial charge in [-0.15, -0.1) is 0 Å². The highest BCUT2D eigenvalue weighted by Crippen LogP contribution is 2.44. The predicted octanol–water partition coefficient (Wildman–Crippen LogP) is 13.3. The minimum Gasteiger partial charge on any atom is -0.457 e. The van der Waals surface area contributed by atoms with Gasteiger partial charge in [0.1, 0.15) is 17.3 Å². The monoisotopic (exact) mass is 732 g/mol. The molecule has 0 unspecified atom stereocenters. The first-order valence-corrected chi connectivity index (χ1v) is 19.6. The topological polar surface area (TPSA) is 33.5 Å². The van der Waals surface area contributed by atoms with Crippen molar-refractivity contribution in [3.8, 4) is 28.4 Å². The molecule has 1 aliphatic heterocycles. The van der Waals surface area contributed by atoms with Crippen molar-refractivity contribution in [1.82, 2.24) is 9.55 Å². The summed E-state index contributed by atoms with van der Waals surface area (Å²) in [7, 11) is 0. The Morgan fingerprint density at radius 1 is 0.554 bits per heavy atom. The first-order valence-electron chi connectivity index (χ1n) is 19.6. The van der Waals surface area contributed by atoms with Gasteiger partial charge in [-0.25, -0.2) is 4.98 Å². The second kappa shape index (κ2) is 13.8. The Labute approximate surface area is 330 Å². The molecule has 5 heteroatoms. The molecule has 6 aromatic carbocycles. The highest BCUT2D eigenvalue weighted by Gasteiger charge is 2.28. The van der Waals surface area contributed by atoms with E-state index < -0.39 is 0 Å². The van der Waals surface area contributed by atoms with E-state index in [4.69, 9.17) is 9.72 Å². The lowest BCUT2D eigenvalue weighted by molar-refractivity contribution is 0.483. The average Bonchev–Trinajstić information content (AvgIpc) is 3.73. The minimum absolute atomic E-state index is 0.0139. The van der Waals surface area contributed by atoms with E-state index >= 15 is 0 Å². The molecule has 1 aliphatic rings. The second-order valence-electron chi connectivity index (χ2n) is 17.1. The van der Waals surface area contributed by atoms with Crippen molar-refractivity contribution in [3.63, 3.8) is 0 Å². The zero-order chi connectivity index (χ0) is 38.6. The Morgan fingerprint density at radius 3 is 2.00 bits per heavy atom. The van der Waals surface area contributed by atoms with Crippen molar-refractivity contribution in [2.24, 2.45) is 0 Å². The van der Waals surface area contributed by atoms with E-state index in [1.807, 2.05) is 6.20 Å². The third-order valence-electron chi connectivity index (χ3n) is 11.0. The summed E-state index contributed by atoms with van der Waals surface area (Å²) in [6.45, 7) is 15.1. The molecule has 0 bridgehead atoms. The number of ether oxygens (including phenoxy) is 1. The first-order chi connectivity index (χ1) is 27.0. The maximum Gasteiger partial charge on any atom is 0.137 e. The van der Waals surface area contributed by atoms with Gasteiger partial charge in [0, 0.05) is 41.3 Å². The summed E-state index contributed by atoms with van der Waals surface area (Å²) in [6, 6.07) is 54.3. The molecule has 9 rings (SSSR count). The van der Waals surface area contributed by atoms with E-state index in [2.05, 4.69) is 208 Å². The van der Waals surface area contributed by atoms with Crippen LogP contribution >= 0.6 is 0 Å². The fourth-order valence-corrected chi connectivity index (χ4v) is 7.96. The van der Waals surface area contributed by atoms with Crippen LogP contribution in [0.4, 0.5) is 17.1 Å². The van der Waals surface area contributed by atoms with E-state index in [1.165, 1.54) is 38.8 Å². The third-order valence-corrected chi connectivity index (χ3v) is 11.0. The molecule has 8 aromatic rings. The van der Waals surface area contributed by atoms with Gasteiger partial charge in [-0.1, -0.05) is 120 Å². The molecule has 0 amide bonds. The van der Waals surface area contributed by atoms with Crippen molar-refractivity contribution in [3.05, 3.63) is 175 Å². The van der Waals surface area contributed by atoms with E-state index in [9.17, 15) is 0 Å². The number of rotatable bonds is 7. The SMILES string of the molecule is CC(C)(C)c1ccnc(-n2c3ccc(C(C)(C)C)cc3c3ccc(Oc4cc(-c5ccccc5)cc(N5CN(Cc6ccccc6)c6ccccc65)c4)cc32)c1. The number of benzene rings is 6. The maximum atomic E-state index is 6.93. The largest absolute Gasteiger partial charge is 0.457 e. The summed E-state index contributed by atoms with van der Waals surface area (Å²) in [5, 5.41) is 2.38. The summed E-state index contributed by atoms with van der Waals surface area (Å²) in [4.78, 5) is 9.79. The number of aromatic nitrogens is 2. The minimum atomic E-state index is -0.0139. The van der Waals surface area contributed by atoms with Crippen LogP contribution in [-0.2, 0) is 17.4 Å². The molecule has 0 radical (unpaired) electrons. The van der Waals surface area contributed by atoms with Crippen molar-refractivity contribution >= 4 is 38.9 Å². The van der Waals surface area contributed by atoms with Crippen molar-refractivity contribution in [2.75, 3.05) is 16.5 Å². The van der Waals surface area contributed by atoms with Crippen LogP contribution in [0.5, 0.6) is 11.5 Å². The molecule has 0 N–H and O–H groups in total. The van der Waals surface area contributed by atoms with Crippen LogP contribution in [0.15, 0.2) is 158 Å². The Bertz CT molecular complexity index is 2700. The Morgan fingerprint density at radius 2 is 1.25 bits per heavy atom. The zero-order valence-electron chi connectivity index (χ0n) is 33.1. The predicted molar refractivity (Wildman–Crippen MR) is 234 cm³/mol. The van der Waals surface area contributed by atoms with Crippen LogP contribution in [0, 0.1) is 0 Å². The van der Waals surface area contributed by atoms with Crippen LogP contribution in [-0.4, -0.2) is 16.2 Å². The molecule has 3 heterocycles. The lowest BCUT2D eigenvalue weighted by Gasteiger charge is -2.23. The quantitative estimate of drug-likeness (QED) is 0.163. The number of pyridine rings is 1. The summed E-state index contributed by atoms with van der Waals surface area (Å²) >= 11 is 0. The normalized spacial score (nSPS) is 13.1. The van der Waals surface area contributed by atoms with Gasteiger partial charge in [-0.05, 0) is 99.3 Å². The van der Waals surface area contributed by atoms with Gasteiger partial charge in [0.25, 0.3) is 0 Å². The number of para-hydroxylation sites is 2. The Kier molecular flexibility index (Phi) is 8.69. The molecular weight excluding hydrogens is 685 g/mol. The van der Waals surface area contributed by atoms with Crippen LogP contribution < -0.4 is 14.5 Å². The average molecular weight is 733 g/mol. The molecule has 0 fully saturated rings. The van der Waals surface area contributed by atoms with Gasteiger partial charge in [0.2, 0.25) is 0 Å². The molecule has 0 spiro atoms. The summed E-state index contributed by atoms with van der Waals surface area (Å²) in [5.41, 5.74) is 11.8. The number of hydrogen-bond donors (Lipinski definition) is 0. The van der Waals surface area contributed by atoms with Crippen LogP contribution in [0.1, 0.15) is 58.2 Å². The van der Waals surface area contributed by atoms with Gasteiger partial charge in [-0.3, -0.25) is 4.57 Å². The van der Waals surface area contributed by atoms with Crippen molar-refractivity contribution < 1.29 is 4.74 Å². The lowest BCUT2D eigenvalue weighted by Crippen LogP contribution is -2.27. The fourth-order valence-electron chi connectivity index (χ4n) is 7.96. The molecule has 0 saturated carbocycles. The van der Waals surface area contributed by atoms with E-state index in [0.717, 1.165) is 58.4 Å². The van der Waals surface area contributed by atoms with Crippen molar-refractivity contribution in [1.29, 1.82) is 0 Å². The number of fused-ring (bicyclic) bond motifs is 4. The van der Waals surface area contributed by atoms with Gasteiger partial charge in [0.15, 0.2) is 0 Å². The first kappa shape index (κ1) is 35.4. The van der Waals surface area contributed by atoms with Gasteiger partial charge >= 0.3 is 0 Å². The summed E-state index contributed by atoms with van der Waals surface area (Å²) in [6.07, 6.45) is 1.94. The number of nitrogens with zero attached hydrogens (tertiary/aromatic N) is 4. The van der Waals surface area contributed by atoms with Gasteiger partial charge < -0.3 is 14.5 Å². The number of hydrogen-bond acceptors (Lipinski definition) is 4. The van der Waals surface area contributed by atoms with Crippen LogP contribution in [0.3, 0.4) is 0 Å². The molecular formula is C51H48N4O. The second-order valence-corrected chi connectivity index (χ2v) is 17.1.